The standard InChI is InChI=1S/C30H26F3NO3/c1-16-13-22-23(14-17(16)2)37-27-24(26(22)35)25(18-9-11-19(12-10-18)29(3,4)5)34(28(27)36)21-8-6-7-20(15-21)30(31,32)33/h6-15,25H,1-5H3. The Balaban J connectivity index is 1.78. The van der Waals surface area contributed by atoms with Crippen molar-refractivity contribution in [3.63, 3.8) is 0 Å². The van der Waals surface area contributed by atoms with Crippen LogP contribution in [0.3, 0.4) is 0 Å². The fraction of sp³-hybridized carbons (Fsp3) is 0.267. The van der Waals surface area contributed by atoms with E-state index in [-0.39, 0.29) is 33.4 Å². The van der Waals surface area contributed by atoms with Crippen molar-refractivity contribution < 1.29 is 22.4 Å². The van der Waals surface area contributed by atoms with E-state index < -0.39 is 23.7 Å². The molecule has 37 heavy (non-hydrogen) atoms. The highest BCUT2D eigenvalue weighted by atomic mass is 19.4. The average molecular weight is 506 g/mol. The number of carbonyl (C=O) groups is 1. The number of benzene rings is 3. The van der Waals surface area contributed by atoms with Crippen LogP contribution in [0.5, 0.6) is 0 Å². The van der Waals surface area contributed by atoms with Gasteiger partial charge in [0.05, 0.1) is 22.6 Å². The Morgan fingerprint density at radius 3 is 2.11 bits per heavy atom. The molecule has 7 heteroatoms. The van der Waals surface area contributed by atoms with Gasteiger partial charge in [-0.25, -0.2) is 0 Å². The van der Waals surface area contributed by atoms with Crippen LogP contribution in [-0.4, -0.2) is 5.91 Å². The average Bonchev–Trinajstić information content (AvgIpc) is 3.12. The van der Waals surface area contributed by atoms with Gasteiger partial charge in [-0.1, -0.05) is 51.1 Å². The summed E-state index contributed by atoms with van der Waals surface area (Å²) in [7, 11) is 0. The van der Waals surface area contributed by atoms with E-state index in [1.54, 1.807) is 12.1 Å². The topological polar surface area (TPSA) is 50.5 Å². The van der Waals surface area contributed by atoms with Gasteiger partial charge in [-0.05, 0) is 71.8 Å². The molecule has 0 aliphatic carbocycles. The molecule has 4 aromatic rings. The van der Waals surface area contributed by atoms with E-state index in [2.05, 4.69) is 20.8 Å². The van der Waals surface area contributed by atoms with Crippen molar-refractivity contribution in [1.82, 2.24) is 0 Å². The van der Waals surface area contributed by atoms with Crippen molar-refractivity contribution in [1.29, 1.82) is 0 Å². The predicted octanol–water partition coefficient (Wildman–Crippen LogP) is 7.48. The fourth-order valence-electron chi connectivity index (χ4n) is 4.81. The highest BCUT2D eigenvalue weighted by molar-refractivity contribution is 6.10. The second-order valence-electron chi connectivity index (χ2n) is 10.6. The number of hydrogen-bond acceptors (Lipinski definition) is 3. The molecular formula is C30H26F3NO3. The Morgan fingerprint density at radius 2 is 1.49 bits per heavy atom. The summed E-state index contributed by atoms with van der Waals surface area (Å²) in [6.45, 7) is 9.95. The van der Waals surface area contributed by atoms with Crippen LogP contribution in [0, 0.1) is 13.8 Å². The Bertz CT molecular complexity index is 1610. The molecule has 1 amide bonds. The third-order valence-electron chi connectivity index (χ3n) is 7.03. The summed E-state index contributed by atoms with van der Waals surface area (Å²) in [6, 6.07) is 14.5. The molecule has 0 saturated heterocycles. The number of nitrogens with zero attached hydrogens (tertiary/aromatic N) is 1. The molecule has 190 valence electrons. The molecule has 0 N–H and O–H groups in total. The largest absolute Gasteiger partial charge is 0.450 e. The third-order valence-corrected chi connectivity index (χ3v) is 7.03. The van der Waals surface area contributed by atoms with Crippen LogP contribution in [0.15, 0.2) is 69.9 Å². The lowest BCUT2D eigenvalue weighted by atomic mass is 9.85. The van der Waals surface area contributed by atoms with Gasteiger partial charge in [0.1, 0.15) is 5.58 Å². The van der Waals surface area contributed by atoms with Gasteiger partial charge in [-0.2, -0.15) is 13.2 Å². The first-order chi connectivity index (χ1) is 17.3. The molecule has 1 aliphatic rings. The smallest absolute Gasteiger partial charge is 0.416 e. The van der Waals surface area contributed by atoms with Crippen LogP contribution in [0.25, 0.3) is 11.0 Å². The Hall–Kier alpha value is -3.87. The molecule has 0 fully saturated rings. The van der Waals surface area contributed by atoms with Gasteiger partial charge in [-0.15, -0.1) is 0 Å². The lowest BCUT2D eigenvalue weighted by molar-refractivity contribution is -0.137. The number of rotatable bonds is 2. The molecule has 0 saturated carbocycles. The molecule has 0 spiro atoms. The summed E-state index contributed by atoms with van der Waals surface area (Å²) in [5.41, 5.74) is 2.48. The zero-order valence-corrected chi connectivity index (χ0v) is 21.2. The minimum absolute atomic E-state index is 0.0342. The van der Waals surface area contributed by atoms with E-state index in [9.17, 15) is 22.8 Å². The monoisotopic (exact) mass is 505 g/mol. The van der Waals surface area contributed by atoms with Crippen molar-refractivity contribution in [3.05, 3.63) is 110 Å². The molecule has 1 atom stereocenters. The van der Waals surface area contributed by atoms with Crippen LogP contribution >= 0.6 is 0 Å². The van der Waals surface area contributed by atoms with E-state index in [0.717, 1.165) is 28.8 Å². The lowest BCUT2D eigenvalue weighted by Gasteiger charge is -2.27. The van der Waals surface area contributed by atoms with Gasteiger partial charge in [-0.3, -0.25) is 14.5 Å². The second-order valence-corrected chi connectivity index (χ2v) is 10.6. The number of halogens is 3. The minimum Gasteiger partial charge on any atom is -0.450 e. The number of amides is 1. The van der Waals surface area contributed by atoms with Crippen molar-refractivity contribution in [2.75, 3.05) is 4.90 Å². The molecule has 2 heterocycles. The molecule has 5 rings (SSSR count). The van der Waals surface area contributed by atoms with Crippen molar-refractivity contribution in [2.24, 2.45) is 0 Å². The van der Waals surface area contributed by atoms with Crippen LogP contribution in [0.1, 0.15) is 70.7 Å². The molecule has 3 aromatic carbocycles. The molecule has 0 radical (unpaired) electrons. The van der Waals surface area contributed by atoms with Gasteiger partial charge in [0.25, 0.3) is 5.91 Å². The van der Waals surface area contributed by atoms with E-state index in [4.69, 9.17) is 4.42 Å². The first kappa shape index (κ1) is 24.8. The number of fused-ring (bicyclic) bond motifs is 2. The predicted molar refractivity (Wildman–Crippen MR) is 137 cm³/mol. The summed E-state index contributed by atoms with van der Waals surface area (Å²) in [5.74, 6) is -0.806. The maximum atomic E-state index is 13.8. The summed E-state index contributed by atoms with van der Waals surface area (Å²) in [4.78, 5) is 28.8. The molecular weight excluding hydrogens is 479 g/mol. The second kappa shape index (κ2) is 8.33. The third kappa shape index (κ3) is 4.12. The van der Waals surface area contributed by atoms with Gasteiger partial charge in [0.15, 0.2) is 5.43 Å². The highest BCUT2D eigenvalue weighted by Gasteiger charge is 2.44. The SMILES string of the molecule is Cc1cc2oc3c(c(=O)c2cc1C)C(c1ccc(C(C)(C)C)cc1)N(c1cccc(C(F)(F)F)c1)C3=O. The van der Waals surface area contributed by atoms with Gasteiger partial charge in [0.2, 0.25) is 5.76 Å². The zero-order valence-electron chi connectivity index (χ0n) is 21.2. The zero-order chi connectivity index (χ0) is 26.9. The molecule has 1 aromatic heterocycles. The van der Waals surface area contributed by atoms with Crippen LogP contribution in [0.2, 0.25) is 0 Å². The summed E-state index contributed by atoms with van der Waals surface area (Å²) < 4.78 is 46.6. The maximum absolute atomic E-state index is 13.8. The Morgan fingerprint density at radius 1 is 0.838 bits per heavy atom. The number of aryl methyl sites for hydroxylation is 2. The van der Waals surface area contributed by atoms with Crippen LogP contribution < -0.4 is 10.3 Å². The maximum Gasteiger partial charge on any atom is 0.416 e. The van der Waals surface area contributed by atoms with E-state index >= 15 is 0 Å². The van der Waals surface area contributed by atoms with Gasteiger partial charge < -0.3 is 4.42 Å². The number of alkyl halides is 3. The van der Waals surface area contributed by atoms with E-state index in [1.165, 1.54) is 17.0 Å². The summed E-state index contributed by atoms with van der Waals surface area (Å²) in [5, 5.41) is 0.330. The van der Waals surface area contributed by atoms with Crippen LogP contribution in [-0.2, 0) is 11.6 Å². The summed E-state index contributed by atoms with van der Waals surface area (Å²) >= 11 is 0. The molecule has 0 bridgehead atoms. The molecule has 1 aliphatic heterocycles. The van der Waals surface area contributed by atoms with E-state index in [1.807, 2.05) is 38.1 Å². The molecule has 4 nitrogen and oxygen atoms in total. The Labute approximate surface area is 212 Å². The Kier molecular flexibility index (Phi) is 5.59. The quantitative estimate of drug-likeness (QED) is 0.284. The number of carbonyl (C=O) groups excluding carboxylic acids is 1. The normalized spacial score (nSPS) is 15.9. The van der Waals surface area contributed by atoms with Crippen LogP contribution in [0.4, 0.5) is 18.9 Å². The first-order valence-corrected chi connectivity index (χ1v) is 12.0. The van der Waals surface area contributed by atoms with Gasteiger partial charge >= 0.3 is 6.18 Å². The first-order valence-electron chi connectivity index (χ1n) is 12.0. The number of anilines is 1. The van der Waals surface area contributed by atoms with Gasteiger partial charge in [0, 0.05) is 5.69 Å². The van der Waals surface area contributed by atoms with Crippen molar-refractivity contribution >= 4 is 22.6 Å². The highest BCUT2D eigenvalue weighted by Crippen LogP contribution is 2.43. The number of hydrogen-bond donors (Lipinski definition) is 0. The lowest BCUT2D eigenvalue weighted by Crippen LogP contribution is -2.29. The van der Waals surface area contributed by atoms with E-state index in [0.29, 0.717) is 10.9 Å². The minimum atomic E-state index is -4.59. The summed E-state index contributed by atoms with van der Waals surface area (Å²) in [6.07, 6.45) is -4.59. The fourth-order valence-corrected chi connectivity index (χ4v) is 4.81. The van der Waals surface area contributed by atoms with Crippen molar-refractivity contribution in [3.8, 4) is 0 Å². The molecule has 1 unspecified atom stereocenters. The van der Waals surface area contributed by atoms with Crippen molar-refractivity contribution in [2.45, 2.75) is 52.3 Å².